The van der Waals surface area contributed by atoms with Crippen LogP contribution in [0.15, 0.2) is 42.5 Å². The second-order valence-electron chi connectivity index (χ2n) is 6.74. The molecule has 0 radical (unpaired) electrons. The third kappa shape index (κ3) is 3.83. The van der Waals surface area contributed by atoms with Crippen molar-refractivity contribution in [2.24, 2.45) is 0 Å². The SMILES string of the molecule is [C-]#[N+]c1ccc(C(=O)Nc2ccc3c(c2)CCC(C)(CCC)O3)cc1. The van der Waals surface area contributed by atoms with Crippen molar-refractivity contribution in [3.8, 4) is 5.75 Å². The lowest BCUT2D eigenvalue weighted by Crippen LogP contribution is -2.36. The Bertz CT molecular complexity index is 821. The fraction of sp³-hybridized carbons (Fsp3) is 0.333. The van der Waals surface area contributed by atoms with Gasteiger partial charge in [-0.15, -0.1) is 0 Å². The van der Waals surface area contributed by atoms with Crippen LogP contribution < -0.4 is 10.1 Å². The molecule has 128 valence electrons. The van der Waals surface area contributed by atoms with Crippen molar-refractivity contribution in [3.63, 3.8) is 0 Å². The maximum absolute atomic E-state index is 12.4. The number of amides is 1. The van der Waals surface area contributed by atoms with Gasteiger partial charge in [-0.25, -0.2) is 4.85 Å². The Kier molecular flexibility index (Phi) is 4.76. The fourth-order valence-corrected chi connectivity index (χ4v) is 3.26. The number of aryl methyl sites for hydroxylation is 1. The third-order valence-electron chi connectivity index (χ3n) is 4.64. The van der Waals surface area contributed by atoms with Crippen molar-refractivity contribution in [3.05, 3.63) is 65.0 Å². The minimum atomic E-state index is -0.177. The highest BCUT2D eigenvalue weighted by atomic mass is 16.5. The van der Waals surface area contributed by atoms with Gasteiger partial charge in [0.1, 0.15) is 11.4 Å². The minimum absolute atomic E-state index is 0.0861. The lowest BCUT2D eigenvalue weighted by molar-refractivity contribution is 0.0555. The number of carbonyl (C=O) groups is 1. The summed E-state index contributed by atoms with van der Waals surface area (Å²) in [7, 11) is 0. The summed E-state index contributed by atoms with van der Waals surface area (Å²) in [6, 6.07) is 12.4. The van der Waals surface area contributed by atoms with E-state index >= 15 is 0 Å². The monoisotopic (exact) mass is 334 g/mol. The van der Waals surface area contributed by atoms with Gasteiger partial charge in [-0.05, 0) is 49.9 Å². The molecule has 0 aromatic heterocycles. The Balaban J connectivity index is 1.72. The van der Waals surface area contributed by atoms with Gasteiger partial charge in [0.05, 0.1) is 6.57 Å². The van der Waals surface area contributed by atoms with Crippen LogP contribution in [0, 0.1) is 6.57 Å². The number of nitrogens with one attached hydrogen (secondary N) is 1. The second-order valence-corrected chi connectivity index (χ2v) is 6.74. The van der Waals surface area contributed by atoms with E-state index in [0.717, 1.165) is 42.7 Å². The molecule has 1 amide bonds. The van der Waals surface area contributed by atoms with E-state index in [1.165, 1.54) is 0 Å². The molecule has 1 heterocycles. The first kappa shape index (κ1) is 17.0. The molecule has 0 fully saturated rings. The van der Waals surface area contributed by atoms with Gasteiger partial charge in [0, 0.05) is 11.3 Å². The minimum Gasteiger partial charge on any atom is -0.487 e. The number of rotatable bonds is 4. The van der Waals surface area contributed by atoms with Crippen LogP contribution in [0.5, 0.6) is 5.75 Å². The maximum atomic E-state index is 12.4. The molecule has 4 nitrogen and oxygen atoms in total. The molecular formula is C21H22N2O2. The van der Waals surface area contributed by atoms with Gasteiger partial charge in [-0.3, -0.25) is 4.79 Å². The third-order valence-corrected chi connectivity index (χ3v) is 4.64. The van der Waals surface area contributed by atoms with Crippen molar-refractivity contribution in [1.82, 2.24) is 0 Å². The van der Waals surface area contributed by atoms with E-state index < -0.39 is 0 Å². The number of anilines is 1. The Labute approximate surface area is 148 Å². The quantitative estimate of drug-likeness (QED) is 0.763. The molecule has 1 aliphatic heterocycles. The first-order valence-corrected chi connectivity index (χ1v) is 8.64. The number of hydrogen-bond donors (Lipinski definition) is 1. The highest BCUT2D eigenvalue weighted by molar-refractivity contribution is 6.04. The van der Waals surface area contributed by atoms with E-state index in [-0.39, 0.29) is 11.5 Å². The number of fused-ring (bicyclic) bond motifs is 1. The molecule has 1 aliphatic rings. The van der Waals surface area contributed by atoms with Gasteiger partial charge in [0.15, 0.2) is 5.69 Å². The van der Waals surface area contributed by atoms with Gasteiger partial charge in [0.25, 0.3) is 5.91 Å². The lowest BCUT2D eigenvalue weighted by atomic mass is 9.89. The van der Waals surface area contributed by atoms with Gasteiger partial charge in [0.2, 0.25) is 0 Å². The molecule has 1 unspecified atom stereocenters. The van der Waals surface area contributed by atoms with Gasteiger partial charge < -0.3 is 10.1 Å². The number of hydrogen-bond acceptors (Lipinski definition) is 2. The topological polar surface area (TPSA) is 42.7 Å². The molecule has 0 aliphatic carbocycles. The highest BCUT2D eigenvalue weighted by Gasteiger charge is 2.30. The summed E-state index contributed by atoms with van der Waals surface area (Å²) in [6.07, 6.45) is 4.09. The predicted molar refractivity (Wildman–Crippen MR) is 99.4 cm³/mol. The van der Waals surface area contributed by atoms with Crippen LogP contribution in [0.25, 0.3) is 4.85 Å². The van der Waals surface area contributed by atoms with Crippen molar-refractivity contribution in [1.29, 1.82) is 0 Å². The zero-order chi connectivity index (χ0) is 17.9. The van der Waals surface area contributed by atoms with Crippen LogP contribution in [0.2, 0.25) is 0 Å². The molecular weight excluding hydrogens is 312 g/mol. The molecule has 3 rings (SSSR count). The molecule has 2 aromatic carbocycles. The fourth-order valence-electron chi connectivity index (χ4n) is 3.26. The second kappa shape index (κ2) is 6.98. The van der Waals surface area contributed by atoms with E-state index in [2.05, 4.69) is 24.0 Å². The molecule has 4 heteroatoms. The van der Waals surface area contributed by atoms with Crippen LogP contribution in [0.4, 0.5) is 11.4 Å². The Morgan fingerprint density at radius 2 is 2.04 bits per heavy atom. The molecule has 1 N–H and O–H groups in total. The molecule has 0 saturated heterocycles. The van der Waals surface area contributed by atoms with E-state index in [9.17, 15) is 4.79 Å². The smallest absolute Gasteiger partial charge is 0.255 e. The molecule has 0 bridgehead atoms. The largest absolute Gasteiger partial charge is 0.487 e. The molecule has 0 saturated carbocycles. The highest BCUT2D eigenvalue weighted by Crippen LogP contribution is 2.37. The normalized spacial score (nSPS) is 18.6. The maximum Gasteiger partial charge on any atom is 0.255 e. The molecule has 1 atom stereocenters. The Morgan fingerprint density at radius 3 is 2.72 bits per heavy atom. The summed E-state index contributed by atoms with van der Waals surface area (Å²) in [5.41, 5.74) is 2.88. The first-order valence-electron chi connectivity index (χ1n) is 8.64. The first-order chi connectivity index (χ1) is 12.0. The van der Waals surface area contributed by atoms with E-state index in [1.807, 2.05) is 18.2 Å². The van der Waals surface area contributed by atoms with Crippen LogP contribution in [-0.2, 0) is 6.42 Å². The van der Waals surface area contributed by atoms with Crippen molar-refractivity contribution < 1.29 is 9.53 Å². The van der Waals surface area contributed by atoms with Crippen molar-refractivity contribution in [2.75, 3.05) is 5.32 Å². The predicted octanol–water partition coefficient (Wildman–Crippen LogP) is 5.37. The molecule has 2 aromatic rings. The van der Waals surface area contributed by atoms with Gasteiger partial charge >= 0.3 is 0 Å². The summed E-state index contributed by atoms with van der Waals surface area (Å²) in [5.74, 6) is 0.741. The number of benzene rings is 2. The number of ether oxygens (including phenoxy) is 1. The van der Waals surface area contributed by atoms with Crippen molar-refractivity contribution in [2.45, 2.75) is 45.1 Å². The van der Waals surface area contributed by atoms with Crippen LogP contribution in [0.3, 0.4) is 0 Å². The summed E-state index contributed by atoms with van der Waals surface area (Å²) in [6.45, 7) is 11.3. The lowest BCUT2D eigenvalue weighted by Gasteiger charge is -2.36. The van der Waals surface area contributed by atoms with Crippen LogP contribution in [-0.4, -0.2) is 11.5 Å². The average molecular weight is 334 g/mol. The zero-order valence-electron chi connectivity index (χ0n) is 14.6. The Hall–Kier alpha value is -2.80. The van der Waals surface area contributed by atoms with Gasteiger partial charge in [-0.1, -0.05) is 37.6 Å². The number of carbonyl (C=O) groups excluding carboxylic acids is 1. The molecule has 0 spiro atoms. The summed E-state index contributed by atoms with van der Waals surface area (Å²) in [4.78, 5) is 15.7. The average Bonchev–Trinajstić information content (AvgIpc) is 2.62. The van der Waals surface area contributed by atoms with Crippen LogP contribution in [0.1, 0.15) is 49.0 Å². The number of nitrogens with zero attached hydrogens (tertiary/aromatic N) is 1. The zero-order valence-corrected chi connectivity index (χ0v) is 14.6. The summed E-state index contributed by atoms with van der Waals surface area (Å²) >= 11 is 0. The van der Waals surface area contributed by atoms with Crippen LogP contribution >= 0.6 is 0 Å². The van der Waals surface area contributed by atoms with Gasteiger partial charge in [-0.2, -0.15) is 0 Å². The summed E-state index contributed by atoms with van der Waals surface area (Å²) < 4.78 is 6.19. The van der Waals surface area contributed by atoms with Crippen molar-refractivity contribution >= 4 is 17.3 Å². The van der Waals surface area contributed by atoms with E-state index in [0.29, 0.717) is 11.3 Å². The van der Waals surface area contributed by atoms with E-state index in [1.54, 1.807) is 24.3 Å². The Morgan fingerprint density at radius 1 is 1.28 bits per heavy atom. The van der Waals surface area contributed by atoms with E-state index in [4.69, 9.17) is 11.3 Å². The summed E-state index contributed by atoms with van der Waals surface area (Å²) in [5, 5.41) is 2.92. The molecule has 25 heavy (non-hydrogen) atoms. The standard InChI is InChI=1S/C21H22N2O2/c1-4-12-21(2)13-11-16-14-18(9-10-19(16)25-21)23-20(24)15-5-7-17(22-3)8-6-15/h5-10,14H,4,11-13H2,1-2H3,(H,23,24).